The van der Waals surface area contributed by atoms with Crippen molar-refractivity contribution in [3.05, 3.63) is 200 Å². The van der Waals surface area contributed by atoms with Gasteiger partial charge in [0, 0.05) is 49.2 Å². The molecular weight excluding hydrogens is 735 g/mol. The summed E-state index contributed by atoms with van der Waals surface area (Å²) < 4.78 is 92.1. The lowest BCUT2D eigenvalue weighted by Gasteiger charge is -2.11. The highest BCUT2D eigenvalue weighted by molar-refractivity contribution is 6.17. The Labute approximate surface area is 357 Å². The molecule has 0 saturated heterocycles. The predicted octanol–water partition coefficient (Wildman–Crippen LogP) is 14.8. The number of aromatic nitrogens is 3. The first kappa shape index (κ1) is 26.0. The summed E-state index contributed by atoms with van der Waals surface area (Å²) in [7, 11) is 0. The van der Waals surface area contributed by atoms with Crippen LogP contribution in [0.4, 0.5) is 0 Å². The van der Waals surface area contributed by atoms with Crippen molar-refractivity contribution in [2.24, 2.45) is 0 Å². The van der Waals surface area contributed by atoms with Gasteiger partial charge in [-0.05, 0) is 75.6 Å². The maximum atomic E-state index is 9.22. The molecule has 0 bridgehead atoms. The smallest absolute Gasteiger partial charge is 0.164 e. The van der Waals surface area contributed by atoms with Gasteiger partial charge in [-0.25, -0.2) is 15.0 Å². The normalized spacial score (nSPS) is 13.8. The summed E-state index contributed by atoms with van der Waals surface area (Å²) in [5.74, 6) is 1.06. The summed E-state index contributed by atoms with van der Waals surface area (Å²) in [6.07, 6.45) is 0. The summed E-state index contributed by atoms with van der Waals surface area (Å²) in [5, 5.41) is 1.53. The third kappa shape index (κ3) is 5.75. The first-order chi connectivity index (χ1) is 33.4. The van der Waals surface area contributed by atoms with Crippen LogP contribution in [0.1, 0.15) is 12.3 Å². The van der Waals surface area contributed by atoms with Crippen LogP contribution in [0.2, 0.25) is 0 Å². The van der Waals surface area contributed by atoms with Gasteiger partial charge in [-0.1, -0.05) is 158 Å². The molecule has 3 aromatic heterocycles. The Morgan fingerprint density at radius 2 is 0.917 bits per heavy atom. The Bertz CT molecular complexity index is 4140. The van der Waals surface area contributed by atoms with E-state index in [2.05, 4.69) is 18.2 Å². The molecule has 0 atom stereocenters. The van der Waals surface area contributed by atoms with Crippen LogP contribution >= 0.6 is 0 Å². The SMILES string of the molecule is [2H]c1c([2H])c([2H])c2c(oc3c4c([2H])c([2H])c([2H])c([2H])c4c([2H])c([2H])c32)c1-c1cccc(-c2nc(-c3cccc(-c4ccccc4)c3)nc(-c3ccc4c(c3)oc3ccc(-c5ccccc5)cc34)n2)c1. The molecule has 0 amide bonds. The molecular formula is C55H33N3O2. The Kier molecular flexibility index (Phi) is 5.95. The monoisotopic (exact) mass is 776 g/mol. The minimum Gasteiger partial charge on any atom is -0.456 e. The van der Waals surface area contributed by atoms with E-state index in [0.717, 1.165) is 44.2 Å². The van der Waals surface area contributed by atoms with Gasteiger partial charge >= 0.3 is 0 Å². The van der Waals surface area contributed by atoms with E-state index in [1.54, 1.807) is 18.2 Å². The van der Waals surface area contributed by atoms with E-state index in [9.17, 15) is 1.37 Å². The minimum absolute atomic E-state index is 0.0143. The molecule has 9 aromatic carbocycles. The standard InChI is InChI=1S/C55H33N3O2/c1-3-12-34(13-4-1)37-17-9-19-40(30-37)53-56-54(58-55(57-53)42-25-27-45-48-32-38(35-14-5-2-6-15-35)26-29-49(48)59-50(45)33-42)41-20-10-18-39(31-41)44-22-11-23-46-47-28-24-36-16-7-8-21-43(36)51(47)60-52(44)46/h1-33H/i7D,8D,11D,16D,21D,22D,23D,24D,28D. The second-order valence-corrected chi connectivity index (χ2v) is 14.5. The Morgan fingerprint density at radius 1 is 0.333 bits per heavy atom. The maximum Gasteiger partial charge on any atom is 0.164 e. The first-order valence-corrected chi connectivity index (χ1v) is 19.3. The molecule has 0 radical (unpaired) electrons. The molecule has 0 saturated carbocycles. The highest BCUT2D eigenvalue weighted by Crippen LogP contribution is 2.40. The highest BCUT2D eigenvalue weighted by atomic mass is 16.3. The van der Waals surface area contributed by atoms with Crippen molar-refractivity contribution >= 4 is 54.6 Å². The van der Waals surface area contributed by atoms with Gasteiger partial charge in [0.1, 0.15) is 22.3 Å². The molecule has 0 aliphatic carbocycles. The highest BCUT2D eigenvalue weighted by Gasteiger charge is 2.18. The van der Waals surface area contributed by atoms with E-state index < -0.39 is 48.3 Å². The molecule has 12 aromatic rings. The van der Waals surface area contributed by atoms with Crippen molar-refractivity contribution in [1.29, 1.82) is 0 Å². The molecule has 0 spiro atoms. The lowest BCUT2D eigenvalue weighted by atomic mass is 9.99. The molecule has 60 heavy (non-hydrogen) atoms. The van der Waals surface area contributed by atoms with Crippen molar-refractivity contribution < 1.29 is 21.2 Å². The van der Waals surface area contributed by atoms with Crippen molar-refractivity contribution in [3.63, 3.8) is 0 Å². The van der Waals surface area contributed by atoms with Crippen molar-refractivity contribution in [3.8, 4) is 67.5 Å². The van der Waals surface area contributed by atoms with Gasteiger partial charge in [-0.2, -0.15) is 0 Å². The Hall–Kier alpha value is -8.15. The molecule has 0 fully saturated rings. The van der Waals surface area contributed by atoms with Crippen LogP contribution in [0, 0.1) is 0 Å². The number of para-hydroxylation sites is 1. The number of benzene rings is 9. The van der Waals surface area contributed by atoms with Crippen LogP contribution in [0.5, 0.6) is 0 Å². The fraction of sp³-hybridized carbons (Fsp3) is 0. The summed E-state index contributed by atoms with van der Waals surface area (Å²) in [6, 6.07) is 43.0. The van der Waals surface area contributed by atoms with Crippen LogP contribution in [0.15, 0.2) is 209 Å². The van der Waals surface area contributed by atoms with E-state index in [4.69, 9.17) is 34.8 Å². The van der Waals surface area contributed by atoms with E-state index in [-0.39, 0.29) is 44.3 Å². The Balaban J connectivity index is 1.05. The van der Waals surface area contributed by atoms with Crippen LogP contribution in [-0.2, 0) is 0 Å². The van der Waals surface area contributed by atoms with Gasteiger partial charge < -0.3 is 8.83 Å². The van der Waals surface area contributed by atoms with Crippen molar-refractivity contribution in [2.45, 2.75) is 0 Å². The summed E-state index contributed by atoms with van der Waals surface area (Å²) >= 11 is 0. The zero-order valence-electron chi connectivity index (χ0n) is 40.5. The number of fused-ring (bicyclic) bond motifs is 8. The number of hydrogen-bond donors (Lipinski definition) is 0. The molecule has 0 unspecified atom stereocenters. The average Bonchev–Trinajstić information content (AvgIpc) is 3.97. The third-order valence-electron chi connectivity index (χ3n) is 10.8. The molecule has 280 valence electrons. The van der Waals surface area contributed by atoms with E-state index in [1.807, 2.05) is 109 Å². The number of hydrogen-bond acceptors (Lipinski definition) is 5. The lowest BCUT2D eigenvalue weighted by molar-refractivity contribution is 0.669. The second kappa shape index (κ2) is 13.8. The lowest BCUT2D eigenvalue weighted by Crippen LogP contribution is -2.00. The fourth-order valence-electron chi connectivity index (χ4n) is 7.91. The molecule has 5 nitrogen and oxygen atoms in total. The van der Waals surface area contributed by atoms with Crippen molar-refractivity contribution in [1.82, 2.24) is 15.0 Å². The van der Waals surface area contributed by atoms with Gasteiger partial charge in [-0.15, -0.1) is 0 Å². The number of nitrogens with zero attached hydrogens (tertiary/aromatic N) is 3. The fourth-order valence-corrected chi connectivity index (χ4v) is 7.91. The topological polar surface area (TPSA) is 65.0 Å². The predicted molar refractivity (Wildman–Crippen MR) is 245 cm³/mol. The van der Waals surface area contributed by atoms with E-state index >= 15 is 0 Å². The van der Waals surface area contributed by atoms with Crippen LogP contribution in [-0.4, -0.2) is 15.0 Å². The van der Waals surface area contributed by atoms with Gasteiger partial charge in [-0.3, -0.25) is 0 Å². The van der Waals surface area contributed by atoms with Gasteiger partial charge in [0.25, 0.3) is 0 Å². The maximum absolute atomic E-state index is 9.22. The van der Waals surface area contributed by atoms with Crippen LogP contribution < -0.4 is 0 Å². The van der Waals surface area contributed by atoms with Crippen LogP contribution in [0.25, 0.3) is 122 Å². The minimum atomic E-state index is -0.558. The molecule has 5 heteroatoms. The van der Waals surface area contributed by atoms with E-state index in [0.29, 0.717) is 39.7 Å². The summed E-state index contributed by atoms with van der Waals surface area (Å²) in [4.78, 5) is 15.1. The molecule has 0 aliphatic heterocycles. The Morgan fingerprint density at radius 3 is 1.67 bits per heavy atom. The number of rotatable bonds is 6. The quantitative estimate of drug-likeness (QED) is 0.168. The van der Waals surface area contributed by atoms with E-state index in [1.165, 1.54) is 0 Å². The van der Waals surface area contributed by atoms with Gasteiger partial charge in [0.05, 0.1) is 12.3 Å². The molecule has 3 heterocycles. The second-order valence-electron chi connectivity index (χ2n) is 14.5. The van der Waals surface area contributed by atoms with Crippen molar-refractivity contribution in [2.75, 3.05) is 0 Å². The molecule has 0 N–H and O–H groups in total. The average molecular weight is 777 g/mol. The zero-order valence-corrected chi connectivity index (χ0v) is 31.5. The molecule has 0 aliphatic rings. The first-order valence-electron chi connectivity index (χ1n) is 23.8. The van der Waals surface area contributed by atoms with Crippen LogP contribution in [0.3, 0.4) is 0 Å². The molecule has 12 rings (SSSR count). The largest absolute Gasteiger partial charge is 0.456 e. The zero-order chi connectivity index (χ0) is 47.4. The third-order valence-corrected chi connectivity index (χ3v) is 10.8. The summed E-state index contributed by atoms with van der Waals surface area (Å²) in [6.45, 7) is 0. The van der Waals surface area contributed by atoms with Gasteiger partial charge in [0.15, 0.2) is 17.5 Å². The van der Waals surface area contributed by atoms with Gasteiger partial charge in [0.2, 0.25) is 0 Å². The summed E-state index contributed by atoms with van der Waals surface area (Å²) in [5.41, 5.74) is 7.83. The number of furan rings is 2.